The Morgan fingerprint density at radius 2 is 2.07 bits per heavy atom. The zero-order valence-electron chi connectivity index (χ0n) is 16.4. The maximum absolute atomic E-state index is 12.4. The number of fused-ring (bicyclic) bond motifs is 1. The van der Waals surface area contributed by atoms with Crippen molar-refractivity contribution in [1.29, 1.82) is 0 Å². The Bertz CT molecular complexity index is 893. The van der Waals surface area contributed by atoms with Gasteiger partial charge < -0.3 is 24.8 Å². The molecule has 0 aliphatic carbocycles. The number of ether oxygens (including phenoxy) is 3. The van der Waals surface area contributed by atoms with E-state index in [0.29, 0.717) is 24.7 Å². The van der Waals surface area contributed by atoms with Gasteiger partial charge in [0.05, 0.1) is 24.9 Å². The van der Waals surface area contributed by atoms with Crippen LogP contribution >= 0.6 is 0 Å². The Kier molecular flexibility index (Phi) is 6.86. The van der Waals surface area contributed by atoms with E-state index in [0.717, 1.165) is 16.9 Å². The molecule has 0 spiro atoms. The summed E-state index contributed by atoms with van der Waals surface area (Å²) in [6.45, 7) is 2.88. The highest BCUT2D eigenvalue weighted by molar-refractivity contribution is 5.96. The van der Waals surface area contributed by atoms with Crippen molar-refractivity contribution in [2.75, 3.05) is 32.2 Å². The number of anilines is 1. The number of benzene rings is 2. The molecule has 1 aliphatic heterocycles. The Labute approximate surface area is 169 Å². The summed E-state index contributed by atoms with van der Waals surface area (Å²) in [5.74, 6) is 0.942. The molecule has 7 heteroatoms. The lowest BCUT2D eigenvalue weighted by atomic mass is 10.1. The topological polar surface area (TPSA) is 85.9 Å². The van der Waals surface area contributed by atoms with Crippen molar-refractivity contribution in [2.24, 2.45) is 0 Å². The molecule has 2 aromatic rings. The van der Waals surface area contributed by atoms with E-state index in [1.165, 1.54) is 6.08 Å². The molecule has 1 aliphatic rings. The number of methoxy groups -OCH3 is 1. The van der Waals surface area contributed by atoms with Crippen molar-refractivity contribution < 1.29 is 23.8 Å². The molecular formula is C22H24N2O5. The first-order valence-corrected chi connectivity index (χ1v) is 9.36. The van der Waals surface area contributed by atoms with Gasteiger partial charge in [-0.1, -0.05) is 18.2 Å². The van der Waals surface area contributed by atoms with Crippen LogP contribution in [-0.4, -0.2) is 38.7 Å². The van der Waals surface area contributed by atoms with Crippen molar-refractivity contribution in [2.45, 2.75) is 13.0 Å². The maximum atomic E-state index is 12.4. The summed E-state index contributed by atoms with van der Waals surface area (Å²) in [5, 5.41) is 5.69. The van der Waals surface area contributed by atoms with E-state index in [4.69, 9.17) is 14.2 Å². The summed E-state index contributed by atoms with van der Waals surface area (Å²) in [6.07, 6.45) is 3.13. The molecule has 29 heavy (non-hydrogen) atoms. The fourth-order valence-corrected chi connectivity index (χ4v) is 2.95. The van der Waals surface area contributed by atoms with Crippen LogP contribution in [0.4, 0.5) is 5.69 Å². The second-order valence-corrected chi connectivity index (χ2v) is 6.44. The standard InChI is InChI=1S/C22H24N2O5/c1-3-28-17-8-6-16(7-9-17)19(13-27-2)24-21(25)11-5-15-4-10-20-18(12-15)23-22(26)14-29-20/h4-12,19H,3,13-14H2,1-2H3,(H,23,26)(H,24,25)/b11-5+/t19-/m0/s1. The maximum Gasteiger partial charge on any atom is 0.262 e. The van der Waals surface area contributed by atoms with Crippen molar-refractivity contribution in [1.82, 2.24) is 5.32 Å². The van der Waals surface area contributed by atoms with Crippen molar-refractivity contribution >= 4 is 23.6 Å². The molecule has 0 bridgehead atoms. The Morgan fingerprint density at radius 1 is 1.28 bits per heavy atom. The molecule has 2 N–H and O–H groups in total. The second-order valence-electron chi connectivity index (χ2n) is 6.44. The van der Waals surface area contributed by atoms with E-state index in [-0.39, 0.29) is 24.5 Å². The van der Waals surface area contributed by atoms with E-state index < -0.39 is 0 Å². The monoisotopic (exact) mass is 396 g/mol. The van der Waals surface area contributed by atoms with Crippen LogP contribution in [0.3, 0.4) is 0 Å². The Balaban J connectivity index is 1.65. The second kappa shape index (κ2) is 9.75. The van der Waals surface area contributed by atoms with Gasteiger partial charge >= 0.3 is 0 Å². The fraction of sp³-hybridized carbons (Fsp3) is 0.273. The summed E-state index contributed by atoms with van der Waals surface area (Å²) in [7, 11) is 1.59. The van der Waals surface area contributed by atoms with E-state index in [1.807, 2.05) is 37.3 Å². The van der Waals surface area contributed by atoms with Gasteiger partial charge in [-0.15, -0.1) is 0 Å². The van der Waals surface area contributed by atoms with Crippen LogP contribution < -0.4 is 20.1 Å². The predicted octanol–water partition coefficient (Wildman–Crippen LogP) is 2.93. The first-order valence-electron chi connectivity index (χ1n) is 9.36. The normalized spacial score (nSPS) is 13.9. The lowest BCUT2D eigenvalue weighted by molar-refractivity contribution is -0.119. The van der Waals surface area contributed by atoms with E-state index >= 15 is 0 Å². The molecular weight excluding hydrogens is 372 g/mol. The first-order chi connectivity index (χ1) is 14.1. The number of amides is 2. The molecule has 0 unspecified atom stereocenters. The molecule has 2 amide bonds. The fourth-order valence-electron chi connectivity index (χ4n) is 2.95. The van der Waals surface area contributed by atoms with Gasteiger partial charge in [0.25, 0.3) is 5.91 Å². The molecule has 0 radical (unpaired) electrons. The molecule has 0 fully saturated rings. The van der Waals surface area contributed by atoms with Gasteiger partial charge in [0.1, 0.15) is 11.5 Å². The zero-order chi connectivity index (χ0) is 20.6. The average molecular weight is 396 g/mol. The third kappa shape index (κ3) is 5.58. The Hall–Kier alpha value is -3.32. The SMILES string of the molecule is CCOc1ccc([C@H](COC)NC(=O)/C=C/c2ccc3c(c2)NC(=O)CO3)cc1. The van der Waals surface area contributed by atoms with Crippen LogP contribution in [0, 0.1) is 0 Å². The van der Waals surface area contributed by atoms with Crippen LogP contribution in [0.15, 0.2) is 48.5 Å². The number of rotatable bonds is 8. The molecule has 1 heterocycles. The quantitative estimate of drug-likeness (QED) is 0.670. The minimum Gasteiger partial charge on any atom is -0.494 e. The predicted molar refractivity (Wildman–Crippen MR) is 110 cm³/mol. The van der Waals surface area contributed by atoms with Gasteiger partial charge in [-0.05, 0) is 48.4 Å². The largest absolute Gasteiger partial charge is 0.494 e. The number of nitrogens with one attached hydrogen (secondary N) is 2. The lowest BCUT2D eigenvalue weighted by Crippen LogP contribution is -2.29. The highest BCUT2D eigenvalue weighted by atomic mass is 16.5. The molecule has 3 rings (SSSR count). The van der Waals surface area contributed by atoms with Crippen LogP contribution in [0.1, 0.15) is 24.1 Å². The smallest absolute Gasteiger partial charge is 0.262 e. The summed E-state index contributed by atoms with van der Waals surface area (Å²) in [6, 6.07) is 12.6. The van der Waals surface area contributed by atoms with Gasteiger partial charge in [-0.25, -0.2) is 0 Å². The van der Waals surface area contributed by atoms with Crippen molar-refractivity contribution in [3.05, 3.63) is 59.7 Å². The van der Waals surface area contributed by atoms with Crippen LogP contribution in [0.25, 0.3) is 6.08 Å². The molecule has 0 saturated heterocycles. The van der Waals surface area contributed by atoms with Gasteiger partial charge in [-0.3, -0.25) is 9.59 Å². The zero-order valence-corrected chi connectivity index (χ0v) is 16.4. The first kappa shape index (κ1) is 20.4. The van der Waals surface area contributed by atoms with Crippen LogP contribution in [0.5, 0.6) is 11.5 Å². The average Bonchev–Trinajstić information content (AvgIpc) is 2.72. The third-order valence-corrected chi connectivity index (χ3v) is 4.31. The summed E-state index contributed by atoms with van der Waals surface area (Å²) in [4.78, 5) is 23.9. The van der Waals surface area contributed by atoms with E-state index in [9.17, 15) is 9.59 Å². The summed E-state index contributed by atoms with van der Waals surface area (Å²) >= 11 is 0. The summed E-state index contributed by atoms with van der Waals surface area (Å²) < 4.78 is 16.0. The van der Waals surface area contributed by atoms with E-state index in [2.05, 4.69) is 10.6 Å². The van der Waals surface area contributed by atoms with E-state index in [1.54, 1.807) is 25.3 Å². The summed E-state index contributed by atoms with van der Waals surface area (Å²) in [5.41, 5.74) is 2.29. The lowest BCUT2D eigenvalue weighted by Gasteiger charge is -2.18. The van der Waals surface area contributed by atoms with Crippen molar-refractivity contribution in [3.8, 4) is 11.5 Å². The highest BCUT2D eigenvalue weighted by Crippen LogP contribution is 2.28. The van der Waals surface area contributed by atoms with Gasteiger partial charge in [0.15, 0.2) is 6.61 Å². The van der Waals surface area contributed by atoms with Crippen molar-refractivity contribution in [3.63, 3.8) is 0 Å². The van der Waals surface area contributed by atoms with Crippen LogP contribution in [0.2, 0.25) is 0 Å². The van der Waals surface area contributed by atoms with Gasteiger partial charge in [0, 0.05) is 13.2 Å². The molecule has 152 valence electrons. The molecule has 1 atom stereocenters. The minimum absolute atomic E-state index is 0.0109. The number of carbonyl (C=O) groups is 2. The van der Waals surface area contributed by atoms with Gasteiger partial charge in [-0.2, -0.15) is 0 Å². The number of carbonyl (C=O) groups excluding carboxylic acids is 2. The minimum atomic E-state index is -0.288. The Morgan fingerprint density at radius 3 is 2.79 bits per heavy atom. The van der Waals surface area contributed by atoms with Gasteiger partial charge in [0.2, 0.25) is 5.91 Å². The van der Waals surface area contributed by atoms with Crippen LogP contribution in [-0.2, 0) is 14.3 Å². The molecule has 7 nitrogen and oxygen atoms in total. The number of hydrogen-bond acceptors (Lipinski definition) is 5. The number of hydrogen-bond donors (Lipinski definition) is 2. The molecule has 0 saturated carbocycles. The highest BCUT2D eigenvalue weighted by Gasteiger charge is 2.16. The molecule has 0 aromatic heterocycles. The molecule has 2 aromatic carbocycles. The third-order valence-electron chi connectivity index (χ3n) is 4.31.